The summed E-state index contributed by atoms with van der Waals surface area (Å²) < 4.78 is 8.20. The van der Waals surface area contributed by atoms with Crippen LogP contribution in [0.25, 0.3) is 17.0 Å². The lowest BCUT2D eigenvalue weighted by Gasteiger charge is -2.13. The Bertz CT molecular complexity index is 1400. The van der Waals surface area contributed by atoms with Gasteiger partial charge in [0.25, 0.3) is 11.8 Å². The quantitative estimate of drug-likeness (QED) is 0.338. The molecule has 6 heteroatoms. The van der Waals surface area contributed by atoms with Crippen molar-refractivity contribution in [3.05, 3.63) is 101 Å². The molecular formula is C28H25N3O3. The van der Waals surface area contributed by atoms with Crippen molar-refractivity contribution in [1.82, 2.24) is 9.99 Å². The number of hydrogen-bond acceptors (Lipinski definition) is 3. The molecule has 1 aliphatic heterocycles. The van der Waals surface area contributed by atoms with Crippen molar-refractivity contribution in [2.75, 3.05) is 11.6 Å². The summed E-state index contributed by atoms with van der Waals surface area (Å²) in [5, 5.41) is 2.26. The highest BCUT2D eigenvalue weighted by atomic mass is 16.5. The number of anilines is 1. The average Bonchev–Trinajstić information content (AvgIpc) is 3.34. The molecule has 0 aliphatic carbocycles. The van der Waals surface area contributed by atoms with E-state index < -0.39 is 5.91 Å². The van der Waals surface area contributed by atoms with E-state index in [-0.39, 0.29) is 11.5 Å². The van der Waals surface area contributed by atoms with Crippen molar-refractivity contribution in [2.24, 2.45) is 0 Å². The van der Waals surface area contributed by atoms with Crippen LogP contribution in [0, 0.1) is 13.8 Å². The number of para-hydroxylation sites is 3. The van der Waals surface area contributed by atoms with Gasteiger partial charge in [-0.2, -0.15) is 0 Å². The van der Waals surface area contributed by atoms with Crippen molar-refractivity contribution in [3.8, 4) is 5.75 Å². The molecule has 2 heterocycles. The Kier molecular flexibility index (Phi) is 5.64. The molecule has 4 aromatic rings. The highest BCUT2D eigenvalue weighted by molar-refractivity contribution is 6.32. The number of nitrogens with one attached hydrogen (secondary N) is 1. The third kappa shape index (κ3) is 3.94. The lowest BCUT2D eigenvalue weighted by atomic mass is 10.1. The Balaban J connectivity index is 1.42. The molecule has 2 amide bonds. The normalized spacial score (nSPS) is 14.8. The Morgan fingerprint density at radius 3 is 2.35 bits per heavy atom. The zero-order valence-electron chi connectivity index (χ0n) is 19.1. The van der Waals surface area contributed by atoms with Gasteiger partial charge in [0, 0.05) is 22.7 Å². The average molecular weight is 452 g/mol. The first kappa shape index (κ1) is 21.5. The van der Waals surface area contributed by atoms with Crippen molar-refractivity contribution in [2.45, 2.75) is 20.4 Å². The van der Waals surface area contributed by atoms with Gasteiger partial charge in [0.05, 0.1) is 12.2 Å². The number of benzene rings is 3. The largest absolute Gasteiger partial charge is 0.491 e. The lowest BCUT2D eigenvalue weighted by molar-refractivity contribution is -0.117. The van der Waals surface area contributed by atoms with E-state index in [0.717, 1.165) is 33.3 Å². The van der Waals surface area contributed by atoms with Crippen LogP contribution in [0.15, 0.2) is 84.6 Å². The summed E-state index contributed by atoms with van der Waals surface area (Å²) in [5.74, 6) is 0.131. The van der Waals surface area contributed by atoms with E-state index in [1.807, 2.05) is 80.7 Å². The molecule has 0 bridgehead atoms. The van der Waals surface area contributed by atoms with Crippen LogP contribution in [0.5, 0.6) is 5.75 Å². The maximum absolute atomic E-state index is 13.0. The summed E-state index contributed by atoms with van der Waals surface area (Å²) >= 11 is 0. The van der Waals surface area contributed by atoms with Crippen LogP contribution >= 0.6 is 0 Å². The second kappa shape index (κ2) is 8.90. The molecule has 1 aliphatic rings. The predicted molar refractivity (Wildman–Crippen MR) is 133 cm³/mol. The number of amides is 2. The maximum Gasteiger partial charge on any atom is 0.282 e. The van der Waals surface area contributed by atoms with Crippen molar-refractivity contribution in [1.29, 1.82) is 0 Å². The van der Waals surface area contributed by atoms with Gasteiger partial charge in [0.2, 0.25) is 0 Å². The van der Waals surface area contributed by atoms with Crippen LogP contribution in [0.1, 0.15) is 16.7 Å². The number of carbonyl (C=O) groups is 2. The van der Waals surface area contributed by atoms with Crippen LogP contribution in [-0.2, 0) is 16.1 Å². The number of aryl methyl sites for hydroxylation is 2. The number of hydrazine groups is 1. The SMILES string of the molecule is Cc1cccc(C)c1OCCn1cc(C=C2C(=O)NN(c3ccccc3)C2=O)c2ccccc21. The molecule has 0 unspecified atom stereocenters. The van der Waals surface area contributed by atoms with Crippen LogP contribution in [0.3, 0.4) is 0 Å². The Morgan fingerprint density at radius 1 is 0.882 bits per heavy atom. The molecule has 0 spiro atoms. The zero-order valence-corrected chi connectivity index (χ0v) is 19.1. The van der Waals surface area contributed by atoms with Gasteiger partial charge in [-0.15, -0.1) is 0 Å². The van der Waals surface area contributed by atoms with Crippen molar-refractivity contribution < 1.29 is 14.3 Å². The summed E-state index contributed by atoms with van der Waals surface area (Å²) in [6.07, 6.45) is 3.64. The van der Waals surface area contributed by atoms with Crippen molar-refractivity contribution >= 4 is 34.5 Å². The van der Waals surface area contributed by atoms with Gasteiger partial charge in [-0.1, -0.05) is 54.6 Å². The molecule has 170 valence electrons. The van der Waals surface area contributed by atoms with E-state index in [1.54, 1.807) is 18.2 Å². The fraction of sp³-hybridized carbons (Fsp3) is 0.143. The molecule has 1 aromatic heterocycles. The Morgan fingerprint density at radius 2 is 1.59 bits per heavy atom. The molecule has 3 aromatic carbocycles. The van der Waals surface area contributed by atoms with Gasteiger partial charge in [-0.3, -0.25) is 15.0 Å². The topological polar surface area (TPSA) is 63.6 Å². The molecule has 5 rings (SSSR count). The van der Waals surface area contributed by atoms with E-state index in [4.69, 9.17) is 4.74 Å². The smallest absolute Gasteiger partial charge is 0.282 e. The van der Waals surface area contributed by atoms with Crippen LogP contribution in [0.4, 0.5) is 5.69 Å². The predicted octanol–water partition coefficient (Wildman–Crippen LogP) is 4.80. The van der Waals surface area contributed by atoms with E-state index >= 15 is 0 Å². The zero-order chi connectivity index (χ0) is 23.7. The van der Waals surface area contributed by atoms with Gasteiger partial charge in [-0.05, 0) is 49.2 Å². The Labute approximate surface area is 198 Å². The summed E-state index contributed by atoms with van der Waals surface area (Å²) in [4.78, 5) is 25.6. The van der Waals surface area contributed by atoms with Gasteiger partial charge in [0.15, 0.2) is 0 Å². The van der Waals surface area contributed by atoms with Crippen LogP contribution in [0.2, 0.25) is 0 Å². The number of hydrogen-bond donors (Lipinski definition) is 1. The number of ether oxygens (including phenoxy) is 1. The highest BCUT2D eigenvalue weighted by Crippen LogP contribution is 2.27. The number of nitrogens with zero attached hydrogens (tertiary/aromatic N) is 2. The molecule has 0 radical (unpaired) electrons. The number of aromatic nitrogens is 1. The molecular weight excluding hydrogens is 426 g/mol. The fourth-order valence-electron chi connectivity index (χ4n) is 4.32. The molecule has 34 heavy (non-hydrogen) atoms. The standard InChI is InChI=1S/C28H25N3O3/c1-19-9-8-10-20(2)26(19)34-16-15-30-18-21(23-13-6-7-14-25(23)30)17-24-27(32)29-31(28(24)33)22-11-4-3-5-12-22/h3-14,17-18H,15-16H2,1-2H3,(H,29,32). The van der Waals surface area contributed by atoms with Gasteiger partial charge in [-0.25, -0.2) is 5.01 Å². The van der Waals surface area contributed by atoms with E-state index in [2.05, 4.69) is 9.99 Å². The third-order valence-corrected chi connectivity index (χ3v) is 6.01. The molecule has 1 saturated heterocycles. The summed E-state index contributed by atoms with van der Waals surface area (Å²) in [6, 6.07) is 23.1. The van der Waals surface area contributed by atoms with Gasteiger partial charge in [0.1, 0.15) is 17.9 Å². The number of carbonyl (C=O) groups excluding carboxylic acids is 2. The maximum atomic E-state index is 13.0. The second-order valence-corrected chi connectivity index (χ2v) is 8.34. The first-order valence-corrected chi connectivity index (χ1v) is 11.2. The molecule has 1 N–H and O–H groups in total. The Hall–Kier alpha value is -4.32. The molecule has 0 atom stereocenters. The third-order valence-electron chi connectivity index (χ3n) is 6.01. The number of rotatable bonds is 6. The number of fused-ring (bicyclic) bond motifs is 1. The van der Waals surface area contributed by atoms with Crippen LogP contribution < -0.4 is 15.2 Å². The highest BCUT2D eigenvalue weighted by Gasteiger charge is 2.34. The van der Waals surface area contributed by atoms with E-state index in [0.29, 0.717) is 18.8 Å². The summed E-state index contributed by atoms with van der Waals surface area (Å²) in [7, 11) is 0. The summed E-state index contributed by atoms with van der Waals surface area (Å²) in [5.41, 5.74) is 7.44. The lowest BCUT2D eigenvalue weighted by Crippen LogP contribution is -2.35. The summed E-state index contributed by atoms with van der Waals surface area (Å²) in [6.45, 7) is 5.22. The minimum Gasteiger partial charge on any atom is -0.491 e. The van der Waals surface area contributed by atoms with Crippen molar-refractivity contribution in [3.63, 3.8) is 0 Å². The minimum absolute atomic E-state index is 0.110. The van der Waals surface area contributed by atoms with E-state index in [9.17, 15) is 9.59 Å². The monoisotopic (exact) mass is 451 g/mol. The van der Waals surface area contributed by atoms with Gasteiger partial charge < -0.3 is 9.30 Å². The molecule has 0 saturated carbocycles. The fourth-order valence-corrected chi connectivity index (χ4v) is 4.32. The van der Waals surface area contributed by atoms with Gasteiger partial charge >= 0.3 is 0 Å². The molecule has 6 nitrogen and oxygen atoms in total. The molecule has 1 fully saturated rings. The second-order valence-electron chi connectivity index (χ2n) is 8.34. The minimum atomic E-state index is -0.413. The first-order valence-electron chi connectivity index (χ1n) is 11.2. The van der Waals surface area contributed by atoms with E-state index in [1.165, 1.54) is 5.01 Å². The first-order chi connectivity index (χ1) is 16.5. The van der Waals surface area contributed by atoms with Crippen LogP contribution in [-0.4, -0.2) is 23.0 Å².